The quantitative estimate of drug-likeness (QED) is 0.224. The van der Waals surface area contributed by atoms with Crippen LogP contribution in [0.15, 0.2) is 42.5 Å². The van der Waals surface area contributed by atoms with Crippen molar-refractivity contribution in [3.63, 3.8) is 0 Å². The van der Waals surface area contributed by atoms with E-state index in [4.69, 9.17) is 35.3 Å². The van der Waals surface area contributed by atoms with Gasteiger partial charge >= 0.3 is 23.9 Å². The minimum absolute atomic E-state index is 0.0419. The minimum atomic E-state index is -1.28. The van der Waals surface area contributed by atoms with E-state index in [0.29, 0.717) is 34.6 Å². The maximum Gasteiger partial charge on any atom is 0.303 e. The van der Waals surface area contributed by atoms with Gasteiger partial charge in [0.1, 0.15) is 18.8 Å². The fourth-order valence-electron chi connectivity index (χ4n) is 4.64. The van der Waals surface area contributed by atoms with Gasteiger partial charge in [0.2, 0.25) is 0 Å². The van der Waals surface area contributed by atoms with Crippen LogP contribution in [-0.2, 0) is 49.3 Å². The second-order valence-corrected chi connectivity index (χ2v) is 10.0. The smallest absolute Gasteiger partial charge is 0.303 e. The number of rotatable bonds is 10. The summed E-state index contributed by atoms with van der Waals surface area (Å²) >= 11 is 6.54. The molecule has 1 aliphatic heterocycles. The lowest BCUT2D eigenvalue weighted by Gasteiger charge is -2.44. The number of esters is 4. The molecule has 2 aromatic rings. The van der Waals surface area contributed by atoms with Gasteiger partial charge in [0.15, 0.2) is 24.1 Å². The molecule has 1 fully saturated rings. The van der Waals surface area contributed by atoms with Crippen molar-refractivity contribution >= 4 is 41.3 Å². The largest absolute Gasteiger partial charge is 0.463 e. The molecule has 1 aliphatic rings. The van der Waals surface area contributed by atoms with E-state index in [0.717, 1.165) is 12.5 Å². The van der Waals surface area contributed by atoms with Crippen molar-refractivity contribution in [1.82, 2.24) is 0 Å². The van der Waals surface area contributed by atoms with Gasteiger partial charge in [-0.3, -0.25) is 24.0 Å². The topological polar surface area (TPSA) is 132 Å². The molecule has 0 amide bonds. The molecule has 10 nitrogen and oxygen atoms in total. The predicted molar refractivity (Wildman–Crippen MR) is 146 cm³/mol. The molecule has 0 N–H and O–H groups in total. The molecule has 1 saturated heterocycles. The van der Waals surface area contributed by atoms with Gasteiger partial charge in [0.05, 0.1) is 0 Å². The molecule has 0 saturated carbocycles. The first-order chi connectivity index (χ1) is 19.4. The lowest BCUT2D eigenvalue weighted by atomic mass is 9.89. The average Bonchev–Trinajstić information content (AvgIpc) is 2.90. The van der Waals surface area contributed by atoms with Crippen LogP contribution < -0.4 is 0 Å². The minimum Gasteiger partial charge on any atom is -0.463 e. The van der Waals surface area contributed by atoms with Crippen LogP contribution in [0, 0.1) is 0 Å². The number of ketones is 1. The monoisotopic (exact) mass is 588 g/mol. The summed E-state index contributed by atoms with van der Waals surface area (Å²) in [5.41, 5.74) is 2.76. The van der Waals surface area contributed by atoms with Crippen LogP contribution in [0.2, 0.25) is 5.02 Å². The summed E-state index contributed by atoms with van der Waals surface area (Å²) in [6.07, 6.45) is -5.00. The van der Waals surface area contributed by atoms with Gasteiger partial charge in [-0.25, -0.2) is 0 Å². The van der Waals surface area contributed by atoms with Gasteiger partial charge in [-0.05, 0) is 29.2 Å². The van der Waals surface area contributed by atoms with E-state index >= 15 is 0 Å². The lowest BCUT2D eigenvalue weighted by Crippen LogP contribution is -2.59. The maximum atomic E-state index is 12.2. The van der Waals surface area contributed by atoms with Crippen LogP contribution in [0.5, 0.6) is 0 Å². The number of carbonyl (C=O) groups is 5. The van der Waals surface area contributed by atoms with Crippen molar-refractivity contribution in [3.05, 3.63) is 69.7 Å². The molecule has 0 spiro atoms. The highest BCUT2D eigenvalue weighted by molar-refractivity contribution is 6.31. The van der Waals surface area contributed by atoms with Crippen LogP contribution >= 0.6 is 11.6 Å². The zero-order valence-corrected chi connectivity index (χ0v) is 24.3. The standard InChI is InChI=1S/C30H33ClO10/c1-6-25(36)21-9-7-20(8-10-21)13-23-14-22(11-12-24(23)31)27-29(39-18(4)34)30(40-19(5)35)28(38-17(3)33)26(41-27)15-37-16(2)32/h7-12,14,26-30H,6,13,15H2,1-5H3/t26?,27-,28?,29-,30-/m0/s1. The average molecular weight is 589 g/mol. The zero-order valence-electron chi connectivity index (χ0n) is 23.5. The van der Waals surface area contributed by atoms with Gasteiger partial charge in [-0.15, -0.1) is 0 Å². The molecule has 0 bridgehead atoms. The number of benzene rings is 2. The molecule has 5 atom stereocenters. The number of hydrogen-bond donors (Lipinski definition) is 0. The van der Waals surface area contributed by atoms with Crippen molar-refractivity contribution < 1.29 is 47.7 Å². The summed E-state index contributed by atoms with van der Waals surface area (Å²) in [4.78, 5) is 59.8. The first kappa shape index (κ1) is 31.8. The Bertz CT molecular complexity index is 1290. The van der Waals surface area contributed by atoms with Gasteiger partial charge in [0.25, 0.3) is 0 Å². The molecule has 220 valence electrons. The number of halogens is 1. The summed E-state index contributed by atoms with van der Waals surface area (Å²) < 4.78 is 28.0. The molecular formula is C30H33ClO10. The Balaban J connectivity index is 2.03. The number of ether oxygens (including phenoxy) is 5. The molecular weight excluding hydrogens is 556 g/mol. The second kappa shape index (κ2) is 14.2. The zero-order chi connectivity index (χ0) is 30.3. The Morgan fingerprint density at radius 2 is 1.37 bits per heavy atom. The summed E-state index contributed by atoms with van der Waals surface area (Å²) in [5.74, 6) is -2.66. The first-order valence-electron chi connectivity index (χ1n) is 13.1. The summed E-state index contributed by atoms with van der Waals surface area (Å²) in [6, 6.07) is 12.3. The normalized spacial score (nSPS) is 21.9. The van der Waals surface area contributed by atoms with Gasteiger partial charge in [-0.1, -0.05) is 54.9 Å². The van der Waals surface area contributed by atoms with E-state index in [1.54, 1.807) is 37.3 Å². The van der Waals surface area contributed by atoms with Crippen LogP contribution in [-0.4, -0.2) is 60.7 Å². The van der Waals surface area contributed by atoms with Crippen molar-refractivity contribution in [2.24, 2.45) is 0 Å². The number of carbonyl (C=O) groups excluding carboxylic acids is 5. The number of Topliss-reactive ketones (excluding diaryl/α,β-unsaturated/α-hetero) is 1. The Morgan fingerprint density at radius 3 is 1.93 bits per heavy atom. The van der Waals surface area contributed by atoms with E-state index in [1.165, 1.54) is 20.8 Å². The third kappa shape index (κ3) is 8.61. The SMILES string of the molecule is CCC(=O)c1ccc(Cc2cc([C@@H]3OC(COC(C)=O)C(OC(C)=O)[C@H](OC(C)=O)[C@H]3OC(C)=O)ccc2Cl)cc1. The van der Waals surface area contributed by atoms with Crippen molar-refractivity contribution in [2.45, 2.75) is 78.0 Å². The van der Waals surface area contributed by atoms with E-state index in [2.05, 4.69) is 0 Å². The van der Waals surface area contributed by atoms with E-state index in [1.807, 2.05) is 12.1 Å². The molecule has 41 heavy (non-hydrogen) atoms. The predicted octanol–water partition coefficient (Wildman–Crippen LogP) is 4.32. The van der Waals surface area contributed by atoms with Crippen LogP contribution in [0.25, 0.3) is 0 Å². The summed E-state index contributed by atoms with van der Waals surface area (Å²) in [5, 5.41) is 0.466. The molecule has 2 aromatic carbocycles. The fourth-order valence-corrected chi connectivity index (χ4v) is 4.82. The molecule has 1 heterocycles. The molecule has 11 heteroatoms. The fraction of sp³-hybridized carbons (Fsp3) is 0.433. The van der Waals surface area contributed by atoms with E-state index in [-0.39, 0.29) is 12.4 Å². The Hall–Kier alpha value is -3.76. The second-order valence-electron chi connectivity index (χ2n) is 9.62. The molecule has 0 radical (unpaired) electrons. The summed E-state index contributed by atoms with van der Waals surface area (Å²) in [7, 11) is 0. The van der Waals surface area contributed by atoms with Crippen molar-refractivity contribution in [2.75, 3.05) is 6.61 Å². The first-order valence-corrected chi connectivity index (χ1v) is 13.5. The van der Waals surface area contributed by atoms with Gasteiger partial charge in [0, 0.05) is 44.7 Å². The molecule has 3 rings (SSSR count). The molecule has 0 aromatic heterocycles. The Kier molecular flexibility index (Phi) is 11.0. The molecule has 2 unspecified atom stereocenters. The highest BCUT2D eigenvalue weighted by Crippen LogP contribution is 2.39. The van der Waals surface area contributed by atoms with Crippen LogP contribution in [0.4, 0.5) is 0 Å². The van der Waals surface area contributed by atoms with E-state index in [9.17, 15) is 24.0 Å². The third-order valence-electron chi connectivity index (χ3n) is 6.38. The lowest BCUT2D eigenvalue weighted by molar-refractivity contribution is -0.254. The third-order valence-corrected chi connectivity index (χ3v) is 6.75. The molecule has 0 aliphatic carbocycles. The highest BCUT2D eigenvalue weighted by Gasteiger charge is 2.52. The summed E-state index contributed by atoms with van der Waals surface area (Å²) in [6.45, 7) is 6.21. The van der Waals surface area contributed by atoms with Gasteiger partial charge < -0.3 is 23.7 Å². The maximum absolute atomic E-state index is 12.2. The van der Waals surface area contributed by atoms with Crippen molar-refractivity contribution in [1.29, 1.82) is 0 Å². The van der Waals surface area contributed by atoms with Crippen molar-refractivity contribution in [3.8, 4) is 0 Å². The highest BCUT2D eigenvalue weighted by atomic mass is 35.5. The van der Waals surface area contributed by atoms with Crippen LogP contribution in [0.3, 0.4) is 0 Å². The Morgan fingerprint density at radius 1 is 0.780 bits per heavy atom. The number of hydrogen-bond acceptors (Lipinski definition) is 10. The van der Waals surface area contributed by atoms with Gasteiger partial charge in [-0.2, -0.15) is 0 Å². The van der Waals surface area contributed by atoms with Crippen LogP contribution in [0.1, 0.15) is 74.2 Å². The van der Waals surface area contributed by atoms with E-state index < -0.39 is 54.4 Å². The Labute approximate surface area is 243 Å².